The monoisotopic (exact) mass is 404 g/mol. The first kappa shape index (κ1) is 18.6. The fraction of sp³-hybridized carbons (Fsp3) is 0. The first-order chi connectivity index (χ1) is 15.2. The molecule has 1 amide bonds. The van der Waals surface area contributed by atoms with E-state index in [2.05, 4.69) is 0 Å². The van der Waals surface area contributed by atoms with Crippen LogP contribution >= 0.6 is 0 Å². The van der Waals surface area contributed by atoms with Crippen molar-refractivity contribution in [3.8, 4) is 5.69 Å². The largest absolute Gasteiger partial charge is 0.399 e. The van der Waals surface area contributed by atoms with Crippen LogP contribution in [0, 0.1) is 0 Å². The third kappa shape index (κ3) is 3.42. The highest BCUT2D eigenvalue weighted by molar-refractivity contribution is 6.16. The van der Waals surface area contributed by atoms with Crippen LogP contribution in [0.15, 0.2) is 109 Å². The summed E-state index contributed by atoms with van der Waals surface area (Å²) in [4.78, 5) is 15.6. The summed E-state index contributed by atoms with van der Waals surface area (Å²) in [6.07, 6.45) is 0. The molecule has 4 aromatic carbocycles. The zero-order chi connectivity index (χ0) is 21.2. The molecule has 0 spiro atoms. The Kier molecular flexibility index (Phi) is 4.69. The van der Waals surface area contributed by atoms with Crippen LogP contribution in [0.4, 0.5) is 17.1 Å². The molecule has 0 saturated carbocycles. The smallest absolute Gasteiger partial charge is 0.283 e. The number of carbonyl (C=O) groups is 1. The molecule has 1 aromatic heterocycles. The van der Waals surface area contributed by atoms with E-state index in [1.807, 2.05) is 109 Å². The molecule has 0 radical (unpaired) electrons. The van der Waals surface area contributed by atoms with Gasteiger partial charge in [0.15, 0.2) is 5.69 Å². The number of fused-ring (bicyclic) bond motifs is 1. The summed E-state index contributed by atoms with van der Waals surface area (Å²) in [5.41, 5.74) is 10.2. The Morgan fingerprint density at radius 3 is 1.87 bits per heavy atom. The predicted molar refractivity (Wildman–Crippen MR) is 125 cm³/mol. The minimum atomic E-state index is -0.192. The lowest BCUT2D eigenvalue weighted by atomic mass is 10.1. The molecule has 150 valence electrons. The molecule has 0 fully saturated rings. The topological polar surface area (TPSA) is 64.2 Å². The molecule has 0 aliphatic rings. The highest BCUT2D eigenvalue weighted by atomic mass is 16.2. The van der Waals surface area contributed by atoms with E-state index in [4.69, 9.17) is 10.8 Å². The summed E-state index contributed by atoms with van der Waals surface area (Å²) in [5.74, 6) is -0.192. The molecule has 5 heteroatoms. The SMILES string of the molecule is Nc1ccc(-n2nc(C(=O)N(c3ccccc3)c3ccccc3)c3ccccc32)cc1. The fourth-order valence-electron chi connectivity index (χ4n) is 3.68. The molecule has 0 aliphatic heterocycles. The van der Waals surface area contributed by atoms with Gasteiger partial charge in [0, 0.05) is 22.4 Å². The summed E-state index contributed by atoms with van der Waals surface area (Å²) in [5, 5.41) is 5.54. The molecule has 0 saturated heterocycles. The van der Waals surface area contributed by atoms with Gasteiger partial charge in [-0.2, -0.15) is 5.10 Å². The number of amides is 1. The number of hydrogen-bond donors (Lipinski definition) is 1. The molecule has 1 heterocycles. The number of carbonyl (C=O) groups excluding carboxylic acids is 1. The number of rotatable bonds is 4. The Morgan fingerprint density at radius 2 is 1.26 bits per heavy atom. The summed E-state index contributed by atoms with van der Waals surface area (Å²) in [6.45, 7) is 0. The molecule has 5 nitrogen and oxygen atoms in total. The van der Waals surface area contributed by atoms with Crippen molar-refractivity contribution < 1.29 is 4.79 Å². The number of nitrogens with two attached hydrogens (primary N) is 1. The van der Waals surface area contributed by atoms with Gasteiger partial charge in [-0.15, -0.1) is 0 Å². The number of benzene rings is 4. The molecule has 31 heavy (non-hydrogen) atoms. The zero-order valence-electron chi connectivity index (χ0n) is 16.7. The Bertz CT molecular complexity index is 1300. The molecular weight excluding hydrogens is 384 g/mol. The first-order valence-electron chi connectivity index (χ1n) is 10.0. The molecule has 0 bridgehead atoms. The van der Waals surface area contributed by atoms with E-state index in [0.29, 0.717) is 11.4 Å². The average molecular weight is 404 g/mol. The van der Waals surface area contributed by atoms with Gasteiger partial charge in [-0.3, -0.25) is 9.69 Å². The Hall–Kier alpha value is -4.38. The van der Waals surface area contributed by atoms with Crippen LogP contribution < -0.4 is 10.6 Å². The average Bonchev–Trinajstić information content (AvgIpc) is 3.21. The van der Waals surface area contributed by atoms with E-state index in [1.165, 1.54) is 0 Å². The highest BCUT2D eigenvalue weighted by Gasteiger charge is 2.25. The maximum Gasteiger partial charge on any atom is 0.283 e. The normalized spacial score (nSPS) is 10.8. The Labute approximate surface area is 180 Å². The molecule has 5 aromatic rings. The molecule has 0 unspecified atom stereocenters. The van der Waals surface area contributed by atoms with Crippen LogP contribution in [0.1, 0.15) is 10.5 Å². The second-order valence-corrected chi connectivity index (χ2v) is 7.18. The van der Waals surface area contributed by atoms with E-state index in [0.717, 1.165) is 28.0 Å². The molecule has 2 N–H and O–H groups in total. The summed E-state index contributed by atoms with van der Waals surface area (Å²) in [7, 11) is 0. The lowest BCUT2D eigenvalue weighted by molar-refractivity contribution is 0.0995. The van der Waals surface area contributed by atoms with Gasteiger partial charge >= 0.3 is 0 Å². The van der Waals surface area contributed by atoms with Gasteiger partial charge in [-0.1, -0.05) is 54.6 Å². The van der Waals surface area contributed by atoms with Gasteiger partial charge in [0.2, 0.25) is 0 Å². The number of para-hydroxylation sites is 3. The van der Waals surface area contributed by atoms with Gasteiger partial charge in [0.1, 0.15) is 0 Å². The zero-order valence-corrected chi connectivity index (χ0v) is 16.7. The van der Waals surface area contributed by atoms with Gasteiger partial charge in [-0.25, -0.2) is 4.68 Å². The van der Waals surface area contributed by atoms with E-state index < -0.39 is 0 Å². The standard InChI is InChI=1S/C26H20N4O/c27-19-15-17-22(18-16-19)30-24-14-8-7-13-23(24)25(28-30)26(31)29(20-9-3-1-4-10-20)21-11-5-2-6-12-21/h1-18H,27H2. The van der Waals surface area contributed by atoms with E-state index in [9.17, 15) is 4.79 Å². The van der Waals surface area contributed by atoms with Crippen molar-refractivity contribution in [1.29, 1.82) is 0 Å². The van der Waals surface area contributed by atoms with Gasteiger partial charge in [-0.05, 0) is 54.6 Å². The summed E-state index contributed by atoms with van der Waals surface area (Å²) < 4.78 is 1.79. The van der Waals surface area contributed by atoms with Crippen molar-refractivity contribution in [1.82, 2.24) is 9.78 Å². The van der Waals surface area contributed by atoms with Crippen LogP contribution in [-0.2, 0) is 0 Å². The number of nitrogens with zero attached hydrogens (tertiary/aromatic N) is 3. The predicted octanol–water partition coefficient (Wildman–Crippen LogP) is 5.59. The minimum Gasteiger partial charge on any atom is -0.399 e. The quantitative estimate of drug-likeness (QED) is 0.397. The Balaban J connectivity index is 1.69. The van der Waals surface area contributed by atoms with Gasteiger partial charge in [0.25, 0.3) is 5.91 Å². The maximum atomic E-state index is 13.9. The second kappa shape index (κ2) is 7.80. The summed E-state index contributed by atoms with van der Waals surface area (Å²) in [6, 6.07) is 34.4. The van der Waals surface area contributed by atoms with E-state index in [1.54, 1.807) is 9.58 Å². The molecule has 5 rings (SSSR count). The van der Waals surface area contributed by atoms with Crippen molar-refractivity contribution in [2.24, 2.45) is 0 Å². The lowest BCUT2D eigenvalue weighted by Gasteiger charge is -2.22. The molecule has 0 atom stereocenters. The third-order valence-electron chi connectivity index (χ3n) is 5.16. The third-order valence-corrected chi connectivity index (χ3v) is 5.16. The van der Waals surface area contributed by atoms with Crippen LogP contribution in [0.25, 0.3) is 16.6 Å². The number of anilines is 3. The van der Waals surface area contributed by atoms with Crippen molar-refractivity contribution >= 4 is 33.9 Å². The summed E-state index contributed by atoms with van der Waals surface area (Å²) >= 11 is 0. The minimum absolute atomic E-state index is 0.192. The maximum absolute atomic E-state index is 13.9. The first-order valence-corrected chi connectivity index (χ1v) is 10.0. The number of nitrogen functional groups attached to an aromatic ring is 1. The fourth-order valence-corrected chi connectivity index (χ4v) is 3.68. The van der Waals surface area contributed by atoms with Crippen LogP contribution in [0.5, 0.6) is 0 Å². The van der Waals surface area contributed by atoms with Gasteiger partial charge < -0.3 is 5.73 Å². The van der Waals surface area contributed by atoms with Gasteiger partial charge in [0.05, 0.1) is 11.2 Å². The molecular formula is C26H20N4O. The van der Waals surface area contributed by atoms with Crippen molar-refractivity contribution in [2.45, 2.75) is 0 Å². The van der Waals surface area contributed by atoms with Crippen molar-refractivity contribution in [3.63, 3.8) is 0 Å². The lowest BCUT2D eigenvalue weighted by Crippen LogP contribution is -2.26. The van der Waals surface area contributed by atoms with Crippen LogP contribution in [-0.4, -0.2) is 15.7 Å². The van der Waals surface area contributed by atoms with Crippen LogP contribution in [0.3, 0.4) is 0 Å². The van der Waals surface area contributed by atoms with Crippen LogP contribution in [0.2, 0.25) is 0 Å². The number of aromatic nitrogens is 2. The highest BCUT2D eigenvalue weighted by Crippen LogP contribution is 2.30. The van der Waals surface area contributed by atoms with E-state index >= 15 is 0 Å². The van der Waals surface area contributed by atoms with E-state index in [-0.39, 0.29) is 5.91 Å². The molecule has 0 aliphatic carbocycles. The van der Waals surface area contributed by atoms with Crippen molar-refractivity contribution in [3.05, 3.63) is 115 Å². The van der Waals surface area contributed by atoms with Crippen molar-refractivity contribution in [2.75, 3.05) is 10.6 Å². The Morgan fingerprint density at radius 1 is 0.710 bits per heavy atom. The second-order valence-electron chi connectivity index (χ2n) is 7.18. The number of hydrogen-bond acceptors (Lipinski definition) is 3.